The lowest BCUT2D eigenvalue weighted by atomic mass is 9.81. The van der Waals surface area contributed by atoms with Crippen LogP contribution in [0.3, 0.4) is 0 Å². The number of fused-ring (bicyclic) bond motifs is 4. The van der Waals surface area contributed by atoms with Crippen LogP contribution in [0.1, 0.15) is 63.0 Å². The molecule has 1 aromatic rings. The molecular formula is C24H38N6O. The van der Waals surface area contributed by atoms with Gasteiger partial charge in [0.2, 0.25) is 5.91 Å². The van der Waals surface area contributed by atoms with E-state index in [0.29, 0.717) is 12.5 Å². The SMILES string of the molecule is CNc1ccc2c(c1)NCCCCC[C@H](NC(=O)C1CCC(CN)CC1)C1=NCC2N1. The van der Waals surface area contributed by atoms with Gasteiger partial charge < -0.3 is 27.0 Å². The highest BCUT2D eigenvalue weighted by Crippen LogP contribution is 2.31. The Labute approximate surface area is 186 Å². The van der Waals surface area contributed by atoms with Crippen LogP contribution < -0.4 is 27.0 Å². The summed E-state index contributed by atoms with van der Waals surface area (Å²) in [6.07, 6.45) is 8.33. The first-order chi connectivity index (χ1) is 15.2. The highest BCUT2D eigenvalue weighted by Gasteiger charge is 2.31. The van der Waals surface area contributed by atoms with Crippen molar-refractivity contribution >= 4 is 23.1 Å². The number of benzene rings is 1. The van der Waals surface area contributed by atoms with E-state index in [1.54, 1.807) is 0 Å². The molecule has 2 atom stereocenters. The molecule has 4 rings (SSSR count). The lowest BCUT2D eigenvalue weighted by Crippen LogP contribution is -2.48. The monoisotopic (exact) mass is 426 g/mol. The van der Waals surface area contributed by atoms with Crippen LogP contribution in [-0.2, 0) is 4.79 Å². The lowest BCUT2D eigenvalue weighted by molar-refractivity contribution is -0.126. The quantitative estimate of drug-likeness (QED) is 0.509. The van der Waals surface area contributed by atoms with E-state index in [9.17, 15) is 4.79 Å². The minimum Gasteiger partial charge on any atom is -0.388 e. The second kappa shape index (κ2) is 10.4. The first-order valence-electron chi connectivity index (χ1n) is 12.0. The van der Waals surface area contributed by atoms with E-state index in [2.05, 4.69) is 39.5 Å². The Kier molecular flexibility index (Phi) is 7.33. The fraction of sp³-hybridized carbons (Fsp3) is 0.667. The molecule has 0 radical (unpaired) electrons. The molecular weight excluding hydrogens is 388 g/mol. The van der Waals surface area contributed by atoms with Crippen molar-refractivity contribution in [2.45, 2.75) is 63.5 Å². The summed E-state index contributed by atoms with van der Waals surface area (Å²) in [4.78, 5) is 17.9. The van der Waals surface area contributed by atoms with E-state index in [0.717, 1.165) is 76.0 Å². The maximum absolute atomic E-state index is 13.0. The molecule has 0 saturated heterocycles. The van der Waals surface area contributed by atoms with Gasteiger partial charge in [-0.2, -0.15) is 0 Å². The van der Waals surface area contributed by atoms with Gasteiger partial charge in [0.15, 0.2) is 0 Å². The first kappa shape index (κ1) is 21.9. The van der Waals surface area contributed by atoms with Crippen molar-refractivity contribution in [3.63, 3.8) is 0 Å². The maximum Gasteiger partial charge on any atom is 0.223 e. The third-order valence-electron chi connectivity index (χ3n) is 7.17. The van der Waals surface area contributed by atoms with Gasteiger partial charge in [0.05, 0.1) is 18.6 Å². The van der Waals surface area contributed by atoms with Gasteiger partial charge in [0.1, 0.15) is 5.84 Å². The molecule has 31 heavy (non-hydrogen) atoms. The summed E-state index contributed by atoms with van der Waals surface area (Å²) in [5, 5.41) is 13.8. The van der Waals surface area contributed by atoms with Crippen LogP contribution in [0.2, 0.25) is 0 Å². The van der Waals surface area contributed by atoms with Crippen LogP contribution in [0.25, 0.3) is 0 Å². The molecule has 170 valence electrons. The zero-order valence-corrected chi connectivity index (χ0v) is 18.8. The minimum atomic E-state index is -0.0165. The normalized spacial score (nSPS) is 28.6. The zero-order valence-electron chi connectivity index (χ0n) is 18.8. The van der Waals surface area contributed by atoms with E-state index >= 15 is 0 Å². The van der Waals surface area contributed by atoms with Gasteiger partial charge >= 0.3 is 0 Å². The minimum absolute atomic E-state index is 0.0165. The molecule has 7 heteroatoms. The number of carbonyl (C=O) groups excluding carboxylic acids is 1. The van der Waals surface area contributed by atoms with Gasteiger partial charge in [-0.25, -0.2) is 0 Å². The molecule has 2 heterocycles. The second-order valence-electron chi connectivity index (χ2n) is 9.27. The highest BCUT2D eigenvalue weighted by molar-refractivity contribution is 5.93. The second-order valence-corrected chi connectivity index (χ2v) is 9.27. The Morgan fingerprint density at radius 2 is 2.00 bits per heavy atom. The zero-order chi connectivity index (χ0) is 21.6. The first-order valence-corrected chi connectivity index (χ1v) is 12.0. The van der Waals surface area contributed by atoms with E-state index in [1.807, 2.05) is 7.05 Å². The third-order valence-corrected chi connectivity index (χ3v) is 7.17. The van der Waals surface area contributed by atoms with Gasteiger partial charge in [-0.05, 0) is 68.7 Å². The smallest absolute Gasteiger partial charge is 0.223 e. The summed E-state index contributed by atoms with van der Waals surface area (Å²) >= 11 is 0. The van der Waals surface area contributed by atoms with Crippen molar-refractivity contribution in [1.82, 2.24) is 10.6 Å². The van der Waals surface area contributed by atoms with Crippen LogP contribution in [-0.4, -0.2) is 44.5 Å². The van der Waals surface area contributed by atoms with Crippen molar-refractivity contribution in [3.8, 4) is 0 Å². The number of anilines is 2. The number of nitrogens with two attached hydrogens (primary N) is 1. The van der Waals surface area contributed by atoms with E-state index in [4.69, 9.17) is 10.7 Å². The summed E-state index contributed by atoms with van der Waals surface area (Å²) in [7, 11) is 1.95. The summed E-state index contributed by atoms with van der Waals surface area (Å²) in [5.74, 6) is 1.84. The summed E-state index contributed by atoms with van der Waals surface area (Å²) in [6.45, 7) is 2.41. The number of nitrogens with one attached hydrogen (secondary N) is 4. The van der Waals surface area contributed by atoms with Gasteiger partial charge in [-0.15, -0.1) is 0 Å². The molecule has 1 saturated carbocycles. The Hall–Kier alpha value is -2.28. The van der Waals surface area contributed by atoms with Gasteiger partial charge in [0.25, 0.3) is 0 Å². The van der Waals surface area contributed by atoms with Crippen LogP contribution in [0, 0.1) is 11.8 Å². The number of rotatable bonds is 4. The topological polar surface area (TPSA) is 104 Å². The molecule has 2 aliphatic heterocycles. The number of hydrogen-bond donors (Lipinski definition) is 5. The van der Waals surface area contributed by atoms with E-state index in [1.165, 1.54) is 11.3 Å². The molecule has 2 bridgehead atoms. The predicted molar refractivity (Wildman–Crippen MR) is 128 cm³/mol. The number of nitrogens with zero attached hydrogens (tertiary/aromatic N) is 1. The van der Waals surface area contributed by atoms with Crippen molar-refractivity contribution in [3.05, 3.63) is 23.8 Å². The molecule has 1 aromatic carbocycles. The van der Waals surface area contributed by atoms with Crippen LogP contribution in [0.5, 0.6) is 0 Å². The Morgan fingerprint density at radius 3 is 2.77 bits per heavy atom. The lowest BCUT2D eigenvalue weighted by Gasteiger charge is -2.29. The molecule has 1 aliphatic carbocycles. The van der Waals surface area contributed by atoms with Crippen LogP contribution in [0.4, 0.5) is 11.4 Å². The van der Waals surface area contributed by atoms with Crippen LogP contribution in [0.15, 0.2) is 23.2 Å². The summed E-state index contributed by atoms with van der Waals surface area (Å²) in [6, 6.07) is 6.60. The molecule has 3 aliphatic rings. The average Bonchev–Trinajstić information content (AvgIpc) is 3.29. The van der Waals surface area contributed by atoms with E-state index < -0.39 is 0 Å². The Balaban J connectivity index is 1.45. The van der Waals surface area contributed by atoms with Crippen LogP contribution >= 0.6 is 0 Å². The number of hydrogen-bond acceptors (Lipinski definition) is 6. The molecule has 7 nitrogen and oxygen atoms in total. The Morgan fingerprint density at radius 1 is 1.16 bits per heavy atom. The van der Waals surface area contributed by atoms with Crippen molar-refractivity contribution in [2.75, 3.05) is 37.3 Å². The number of amides is 1. The molecule has 1 unspecified atom stereocenters. The fourth-order valence-electron chi connectivity index (χ4n) is 5.12. The fourth-order valence-corrected chi connectivity index (χ4v) is 5.12. The van der Waals surface area contributed by atoms with Gasteiger partial charge in [0, 0.05) is 30.9 Å². The van der Waals surface area contributed by atoms with E-state index in [-0.39, 0.29) is 23.9 Å². The number of aliphatic imine (C=N–C) groups is 1. The molecule has 0 aromatic heterocycles. The highest BCUT2D eigenvalue weighted by atomic mass is 16.2. The third kappa shape index (κ3) is 5.32. The van der Waals surface area contributed by atoms with Crippen molar-refractivity contribution in [1.29, 1.82) is 0 Å². The molecule has 0 spiro atoms. The Bertz CT molecular complexity index is 786. The number of carbonyl (C=O) groups is 1. The predicted octanol–water partition coefficient (Wildman–Crippen LogP) is 3.01. The molecule has 1 amide bonds. The van der Waals surface area contributed by atoms with Crippen molar-refractivity contribution < 1.29 is 4.79 Å². The number of amidine groups is 1. The largest absolute Gasteiger partial charge is 0.388 e. The average molecular weight is 427 g/mol. The molecule has 6 N–H and O–H groups in total. The standard InChI is InChI=1S/C24H38N6O/c1-26-18-10-11-19-21(13-18)27-12-4-2-3-5-20(23-28-15-22(19)29-23)30-24(31)17-8-6-16(14-25)7-9-17/h10-11,13,16-17,20,22,26-27H,2-9,12,14-15,25H2,1H3,(H,28,29)(H,30,31)/t16?,17?,20-,22?/m0/s1. The van der Waals surface area contributed by atoms with Crippen molar-refractivity contribution in [2.24, 2.45) is 22.6 Å². The maximum atomic E-state index is 13.0. The molecule has 1 fully saturated rings. The van der Waals surface area contributed by atoms with Gasteiger partial charge in [-0.3, -0.25) is 9.79 Å². The summed E-state index contributed by atoms with van der Waals surface area (Å²) in [5.41, 5.74) is 9.32. The van der Waals surface area contributed by atoms with Gasteiger partial charge in [-0.1, -0.05) is 18.9 Å². The summed E-state index contributed by atoms with van der Waals surface area (Å²) < 4.78 is 0.